The van der Waals surface area contributed by atoms with Gasteiger partial charge in [-0.05, 0) is 68.1 Å². The van der Waals surface area contributed by atoms with E-state index < -0.39 is 0 Å². The number of nitriles is 1. The first kappa shape index (κ1) is 15.8. The molecule has 1 saturated carbocycles. The summed E-state index contributed by atoms with van der Waals surface area (Å²) in [5, 5.41) is 8.84. The Morgan fingerprint density at radius 2 is 1.81 bits per heavy atom. The van der Waals surface area contributed by atoms with E-state index in [1.807, 2.05) is 12.1 Å². The van der Waals surface area contributed by atoms with E-state index in [1.54, 1.807) is 6.08 Å². The fourth-order valence-corrected chi connectivity index (χ4v) is 3.37. The molecule has 0 heterocycles. The van der Waals surface area contributed by atoms with Crippen molar-refractivity contribution in [2.24, 2.45) is 5.92 Å². The van der Waals surface area contributed by atoms with E-state index >= 15 is 0 Å². The van der Waals surface area contributed by atoms with Gasteiger partial charge in [-0.3, -0.25) is 0 Å². The summed E-state index contributed by atoms with van der Waals surface area (Å²) in [7, 11) is 0. The van der Waals surface area contributed by atoms with Crippen molar-refractivity contribution < 1.29 is 4.39 Å². The molecule has 2 heteroatoms. The molecule has 1 nitrogen and oxygen atoms in total. The third kappa shape index (κ3) is 5.01. The summed E-state index contributed by atoms with van der Waals surface area (Å²) in [4.78, 5) is 0. The minimum atomic E-state index is 0.656. The summed E-state index contributed by atoms with van der Waals surface area (Å²) >= 11 is 0. The highest BCUT2D eigenvalue weighted by Crippen LogP contribution is 2.37. The fourth-order valence-electron chi connectivity index (χ4n) is 3.37. The standard InChI is InChI=1S/C19H24FN/c20-14-4-2-1-3-5-16-6-10-18(11-7-16)19-12-8-17(15-21)9-13-19/h4,8-9,12-14,16,18H,1-3,5-7,10-11H2/b14-4+/t16-,18-. The molecule has 0 saturated heterocycles. The summed E-state index contributed by atoms with van der Waals surface area (Å²) in [5.74, 6) is 1.53. The summed E-state index contributed by atoms with van der Waals surface area (Å²) in [5.41, 5.74) is 2.13. The minimum absolute atomic E-state index is 0.656. The molecule has 1 aromatic carbocycles. The Bertz CT molecular complexity index is 475. The second kappa shape index (κ2) is 8.62. The van der Waals surface area contributed by atoms with Crippen molar-refractivity contribution in [2.75, 3.05) is 0 Å². The fraction of sp³-hybridized carbons (Fsp3) is 0.526. The summed E-state index contributed by atoms with van der Waals surface area (Å²) < 4.78 is 11.8. The Hall–Kier alpha value is -1.62. The molecule has 2 rings (SSSR count). The van der Waals surface area contributed by atoms with Crippen molar-refractivity contribution in [1.29, 1.82) is 5.26 Å². The highest BCUT2D eigenvalue weighted by Gasteiger charge is 2.21. The van der Waals surface area contributed by atoms with Crippen LogP contribution in [0.2, 0.25) is 0 Å². The van der Waals surface area contributed by atoms with Gasteiger partial charge in [0.05, 0.1) is 18.0 Å². The number of rotatable bonds is 6. The summed E-state index contributed by atoms with van der Waals surface area (Å²) in [6.07, 6.45) is 11.9. The van der Waals surface area contributed by atoms with Gasteiger partial charge in [0.1, 0.15) is 0 Å². The molecule has 112 valence electrons. The molecule has 0 aliphatic heterocycles. The predicted octanol–water partition coefficient (Wildman–Crippen LogP) is 5.88. The lowest BCUT2D eigenvalue weighted by atomic mass is 9.77. The quantitative estimate of drug-likeness (QED) is 0.599. The van der Waals surface area contributed by atoms with Crippen molar-refractivity contribution in [3.8, 4) is 6.07 Å². The first-order chi connectivity index (χ1) is 10.3. The van der Waals surface area contributed by atoms with Crippen LogP contribution in [-0.2, 0) is 0 Å². The van der Waals surface area contributed by atoms with Crippen LogP contribution in [0.25, 0.3) is 0 Å². The van der Waals surface area contributed by atoms with Crippen LogP contribution in [-0.4, -0.2) is 0 Å². The molecular formula is C19H24FN. The lowest BCUT2D eigenvalue weighted by molar-refractivity contribution is 0.303. The minimum Gasteiger partial charge on any atom is -0.216 e. The molecule has 21 heavy (non-hydrogen) atoms. The van der Waals surface area contributed by atoms with Crippen LogP contribution in [0.5, 0.6) is 0 Å². The van der Waals surface area contributed by atoms with E-state index in [-0.39, 0.29) is 0 Å². The number of benzene rings is 1. The van der Waals surface area contributed by atoms with E-state index in [0.717, 1.165) is 24.3 Å². The van der Waals surface area contributed by atoms with E-state index in [0.29, 0.717) is 12.2 Å². The lowest BCUT2D eigenvalue weighted by Gasteiger charge is -2.28. The maximum atomic E-state index is 11.8. The third-order valence-electron chi connectivity index (χ3n) is 4.68. The number of hydrogen-bond donors (Lipinski definition) is 0. The average Bonchev–Trinajstić information content (AvgIpc) is 2.55. The Morgan fingerprint density at radius 1 is 1.10 bits per heavy atom. The molecule has 1 aliphatic rings. The maximum absolute atomic E-state index is 11.8. The number of unbranched alkanes of at least 4 members (excludes halogenated alkanes) is 2. The van der Waals surface area contributed by atoms with Crippen LogP contribution < -0.4 is 0 Å². The molecule has 1 aromatic rings. The van der Waals surface area contributed by atoms with Crippen LogP contribution in [0.15, 0.2) is 36.7 Å². The van der Waals surface area contributed by atoms with Gasteiger partial charge >= 0.3 is 0 Å². The summed E-state index contributed by atoms with van der Waals surface area (Å²) in [6, 6.07) is 10.3. The zero-order chi connectivity index (χ0) is 14.9. The van der Waals surface area contributed by atoms with Gasteiger partial charge < -0.3 is 0 Å². The second-order valence-electron chi connectivity index (χ2n) is 6.10. The van der Waals surface area contributed by atoms with E-state index in [2.05, 4.69) is 18.2 Å². The van der Waals surface area contributed by atoms with Crippen molar-refractivity contribution in [3.05, 3.63) is 47.8 Å². The normalized spacial score (nSPS) is 22.3. The van der Waals surface area contributed by atoms with Crippen molar-refractivity contribution in [3.63, 3.8) is 0 Å². The molecule has 1 aliphatic carbocycles. The highest BCUT2D eigenvalue weighted by molar-refractivity contribution is 5.33. The molecule has 0 N–H and O–H groups in total. The molecule has 0 radical (unpaired) electrons. The van der Waals surface area contributed by atoms with Gasteiger partial charge in [-0.25, -0.2) is 4.39 Å². The number of hydrogen-bond acceptors (Lipinski definition) is 1. The zero-order valence-corrected chi connectivity index (χ0v) is 12.6. The summed E-state index contributed by atoms with van der Waals surface area (Å²) in [6.45, 7) is 0. The average molecular weight is 285 g/mol. The van der Waals surface area contributed by atoms with Gasteiger partial charge in [0, 0.05) is 0 Å². The second-order valence-corrected chi connectivity index (χ2v) is 6.10. The topological polar surface area (TPSA) is 23.8 Å². The molecule has 0 unspecified atom stereocenters. The van der Waals surface area contributed by atoms with Gasteiger partial charge in [0.25, 0.3) is 0 Å². The van der Waals surface area contributed by atoms with Gasteiger partial charge in [0.2, 0.25) is 0 Å². The Balaban J connectivity index is 1.71. The van der Waals surface area contributed by atoms with Crippen LogP contribution in [0, 0.1) is 17.2 Å². The van der Waals surface area contributed by atoms with Crippen LogP contribution in [0.4, 0.5) is 4.39 Å². The molecule has 0 bridgehead atoms. The molecule has 0 atom stereocenters. The number of nitrogens with zero attached hydrogens (tertiary/aromatic N) is 1. The molecule has 0 amide bonds. The Kier molecular flexibility index (Phi) is 6.47. The number of allylic oxidation sites excluding steroid dienone is 1. The van der Waals surface area contributed by atoms with Gasteiger partial charge in [-0.1, -0.05) is 31.1 Å². The highest BCUT2D eigenvalue weighted by atomic mass is 19.1. The van der Waals surface area contributed by atoms with E-state index in [1.165, 1.54) is 44.1 Å². The molecule has 0 spiro atoms. The molecular weight excluding hydrogens is 261 g/mol. The van der Waals surface area contributed by atoms with Crippen molar-refractivity contribution in [2.45, 2.75) is 57.3 Å². The number of halogens is 1. The first-order valence-corrected chi connectivity index (χ1v) is 8.08. The van der Waals surface area contributed by atoms with Crippen molar-refractivity contribution >= 4 is 0 Å². The van der Waals surface area contributed by atoms with Crippen molar-refractivity contribution in [1.82, 2.24) is 0 Å². The van der Waals surface area contributed by atoms with E-state index in [4.69, 9.17) is 5.26 Å². The Morgan fingerprint density at radius 3 is 2.43 bits per heavy atom. The van der Waals surface area contributed by atoms with Crippen LogP contribution in [0.3, 0.4) is 0 Å². The predicted molar refractivity (Wildman–Crippen MR) is 84.6 cm³/mol. The Labute approximate surface area is 127 Å². The van der Waals surface area contributed by atoms with Gasteiger partial charge in [-0.15, -0.1) is 0 Å². The molecule has 1 fully saturated rings. The monoisotopic (exact) mass is 285 g/mol. The third-order valence-corrected chi connectivity index (χ3v) is 4.68. The maximum Gasteiger partial charge on any atom is 0.0991 e. The lowest BCUT2D eigenvalue weighted by Crippen LogP contribution is -2.13. The first-order valence-electron chi connectivity index (χ1n) is 8.08. The van der Waals surface area contributed by atoms with Gasteiger partial charge in [-0.2, -0.15) is 5.26 Å². The largest absolute Gasteiger partial charge is 0.216 e. The SMILES string of the molecule is N#Cc1ccc([C@H]2CC[C@H](CCCC/C=C/F)CC2)cc1. The zero-order valence-electron chi connectivity index (χ0n) is 12.6. The molecule has 0 aromatic heterocycles. The van der Waals surface area contributed by atoms with E-state index in [9.17, 15) is 4.39 Å². The smallest absolute Gasteiger partial charge is 0.0991 e. The van der Waals surface area contributed by atoms with Crippen LogP contribution in [0.1, 0.15) is 68.4 Å². The van der Waals surface area contributed by atoms with Crippen LogP contribution >= 0.6 is 0 Å². The van der Waals surface area contributed by atoms with Gasteiger partial charge in [0.15, 0.2) is 0 Å².